The number of amides is 1. The number of nitrogens with zero attached hydrogens (tertiary/aromatic N) is 1. The highest BCUT2D eigenvalue weighted by Gasteiger charge is 2.25. The first kappa shape index (κ1) is 23.2. The summed E-state index contributed by atoms with van der Waals surface area (Å²) in [6.07, 6.45) is -0.0395. The van der Waals surface area contributed by atoms with Crippen LogP contribution in [0.4, 0.5) is 5.69 Å². The predicted octanol–water partition coefficient (Wildman–Crippen LogP) is 3.43. The summed E-state index contributed by atoms with van der Waals surface area (Å²) in [6.45, 7) is 1.80. The standard InChI is InChI=1S/C20H18ClN3O7S/c1-2-11-8-15-14(19(20(26)27)22-18(15)16(9-11)24(28)29)6-7-17(25)23-32(30,31)13-5-3-4-12(21)10-13/h3-5,8-10,22H,2,6-7H2,1H3,(H,23,25)(H,26,27). The predicted molar refractivity (Wildman–Crippen MR) is 116 cm³/mol. The molecule has 0 radical (unpaired) electrons. The van der Waals surface area contributed by atoms with Gasteiger partial charge in [0.1, 0.15) is 11.2 Å². The zero-order valence-electron chi connectivity index (χ0n) is 16.7. The van der Waals surface area contributed by atoms with Crippen LogP contribution in [0.15, 0.2) is 41.3 Å². The maximum atomic E-state index is 12.4. The number of non-ortho nitro benzene ring substituents is 1. The fraction of sp³-hybridized carbons (Fsp3) is 0.200. The molecule has 0 bridgehead atoms. The molecule has 2 aromatic carbocycles. The quantitative estimate of drug-likeness (QED) is 0.329. The smallest absolute Gasteiger partial charge is 0.352 e. The van der Waals surface area contributed by atoms with Gasteiger partial charge >= 0.3 is 5.97 Å². The van der Waals surface area contributed by atoms with Gasteiger partial charge in [0.25, 0.3) is 15.7 Å². The van der Waals surface area contributed by atoms with Crippen LogP contribution in [0.2, 0.25) is 5.02 Å². The van der Waals surface area contributed by atoms with E-state index in [2.05, 4.69) is 4.98 Å². The topological polar surface area (TPSA) is 159 Å². The molecule has 1 heterocycles. The lowest BCUT2D eigenvalue weighted by atomic mass is 10.0. The largest absolute Gasteiger partial charge is 0.477 e. The van der Waals surface area contributed by atoms with Crippen molar-refractivity contribution >= 4 is 50.1 Å². The summed E-state index contributed by atoms with van der Waals surface area (Å²) in [4.78, 5) is 37.3. The number of benzene rings is 2. The van der Waals surface area contributed by atoms with Crippen LogP contribution >= 0.6 is 11.6 Å². The Bertz CT molecular complexity index is 1350. The van der Waals surface area contributed by atoms with Gasteiger partial charge in [0.2, 0.25) is 5.91 Å². The van der Waals surface area contributed by atoms with Gasteiger partial charge in [0.15, 0.2) is 0 Å². The van der Waals surface area contributed by atoms with Crippen molar-refractivity contribution in [2.75, 3.05) is 0 Å². The highest BCUT2D eigenvalue weighted by atomic mass is 35.5. The third-order valence-electron chi connectivity index (χ3n) is 4.83. The number of carbonyl (C=O) groups excluding carboxylic acids is 1. The fourth-order valence-corrected chi connectivity index (χ4v) is 4.63. The number of sulfonamides is 1. The maximum Gasteiger partial charge on any atom is 0.352 e. The van der Waals surface area contributed by atoms with Crippen molar-refractivity contribution in [3.05, 3.63) is 68.4 Å². The number of rotatable bonds is 8. The third-order valence-corrected chi connectivity index (χ3v) is 6.44. The number of H-pyrrole nitrogens is 1. The zero-order valence-corrected chi connectivity index (χ0v) is 18.3. The number of hydrogen-bond donors (Lipinski definition) is 3. The van der Waals surface area contributed by atoms with Crippen molar-refractivity contribution in [1.29, 1.82) is 0 Å². The molecule has 10 nitrogen and oxygen atoms in total. The summed E-state index contributed by atoms with van der Waals surface area (Å²) in [5.41, 5.74) is 0.269. The number of carboxylic acid groups (broad SMARTS) is 1. The lowest BCUT2D eigenvalue weighted by molar-refractivity contribution is -0.383. The van der Waals surface area contributed by atoms with Gasteiger partial charge in [-0.25, -0.2) is 17.9 Å². The molecule has 3 aromatic rings. The Morgan fingerprint density at radius 1 is 1.25 bits per heavy atom. The van der Waals surface area contributed by atoms with Crippen molar-refractivity contribution in [2.24, 2.45) is 0 Å². The molecule has 0 saturated heterocycles. The number of halogens is 1. The molecule has 12 heteroatoms. The monoisotopic (exact) mass is 479 g/mol. The van der Waals surface area contributed by atoms with Crippen molar-refractivity contribution < 1.29 is 28.0 Å². The number of aryl methyl sites for hydroxylation is 2. The van der Waals surface area contributed by atoms with E-state index in [1.54, 1.807) is 13.0 Å². The Balaban J connectivity index is 1.92. The fourth-order valence-electron chi connectivity index (χ4n) is 3.31. The van der Waals surface area contributed by atoms with Crippen LogP contribution in [0.25, 0.3) is 10.9 Å². The second-order valence-corrected chi connectivity index (χ2v) is 9.04. The van der Waals surface area contributed by atoms with Crippen LogP contribution in [-0.4, -0.2) is 35.3 Å². The number of nitro benzene ring substituents is 1. The number of carboxylic acids is 1. The van der Waals surface area contributed by atoms with Crippen LogP contribution in [0.5, 0.6) is 0 Å². The van der Waals surface area contributed by atoms with Gasteiger partial charge in [-0.1, -0.05) is 24.6 Å². The molecule has 3 N–H and O–H groups in total. The number of aromatic amines is 1. The molecule has 0 aliphatic rings. The average Bonchev–Trinajstić information content (AvgIpc) is 3.09. The molecule has 32 heavy (non-hydrogen) atoms. The van der Waals surface area contributed by atoms with Crippen LogP contribution in [0, 0.1) is 10.1 Å². The van der Waals surface area contributed by atoms with Crippen LogP contribution in [0.1, 0.15) is 35.0 Å². The Labute approximate surface area is 187 Å². The minimum atomic E-state index is -4.17. The molecule has 0 spiro atoms. The molecular weight excluding hydrogens is 462 g/mol. The SMILES string of the molecule is CCc1cc([N+](=O)[O-])c2[nH]c(C(=O)O)c(CCC(=O)NS(=O)(=O)c3cccc(Cl)c3)c2c1. The van der Waals surface area contributed by atoms with E-state index in [1.165, 1.54) is 30.3 Å². The van der Waals surface area contributed by atoms with E-state index in [-0.39, 0.29) is 45.2 Å². The van der Waals surface area contributed by atoms with Crippen molar-refractivity contribution in [3.8, 4) is 0 Å². The van der Waals surface area contributed by atoms with E-state index in [1.807, 2.05) is 4.72 Å². The Hall–Kier alpha value is -3.44. The van der Waals surface area contributed by atoms with Gasteiger partial charge in [0, 0.05) is 22.9 Å². The van der Waals surface area contributed by atoms with E-state index in [9.17, 15) is 33.2 Å². The van der Waals surface area contributed by atoms with Gasteiger partial charge < -0.3 is 10.1 Å². The van der Waals surface area contributed by atoms with Gasteiger partial charge in [0.05, 0.1) is 9.82 Å². The molecule has 3 rings (SSSR count). The minimum Gasteiger partial charge on any atom is -0.477 e. The number of aromatic nitrogens is 1. The Kier molecular flexibility index (Phi) is 6.51. The van der Waals surface area contributed by atoms with Crippen LogP contribution < -0.4 is 4.72 Å². The van der Waals surface area contributed by atoms with Crippen LogP contribution in [-0.2, 0) is 27.7 Å². The normalized spacial score (nSPS) is 11.4. The van der Waals surface area contributed by atoms with E-state index in [0.29, 0.717) is 17.4 Å². The first-order valence-corrected chi connectivity index (χ1v) is 11.3. The van der Waals surface area contributed by atoms with Crippen LogP contribution in [0.3, 0.4) is 0 Å². The highest BCUT2D eigenvalue weighted by Crippen LogP contribution is 2.32. The van der Waals surface area contributed by atoms with Gasteiger partial charge in [-0.05, 0) is 48.2 Å². The third kappa shape index (κ3) is 4.73. The summed E-state index contributed by atoms with van der Waals surface area (Å²) < 4.78 is 26.7. The Morgan fingerprint density at radius 2 is 1.97 bits per heavy atom. The second kappa shape index (κ2) is 8.97. The van der Waals surface area contributed by atoms with E-state index in [0.717, 1.165) is 0 Å². The summed E-state index contributed by atoms with van der Waals surface area (Å²) in [7, 11) is -4.17. The number of carbonyl (C=O) groups is 2. The summed E-state index contributed by atoms with van der Waals surface area (Å²) >= 11 is 5.79. The molecular formula is C20H18ClN3O7S. The molecule has 1 aromatic heterocycles. The molecule has 0 aliphatic heterocycles. The van der Waals surface area contributed by atoms with Crippen molar-refractivity contribution in [1.82, 2.24) is 9.71 Å². The first-order valence-electron chi connectivity index (χ1n) is 9.40. The molecule has 1 amide bonds. The van der Waals surface area contributed by atoms with Crippen molar-refractivity contribution in [2.45, 2.75) is 31.1 Å². The first-order chi connectivity index (χ1) is 15.0. The van der Waals surface area contributed by atoms with Gasteiger partial charge in [-0.2, -0.15) is 0 Å². The zero-order chi connectivity index (χ0) is 23.6. The second-order valence-electron chi connectivity index (χ2n) is 6.92. The lowest BCUT2D eigenvalue weighted by Gasteiger charge is -2.08. The summed E-state index contributed by atoms with van der Waals surface area (Å²) in [5, 5.41) is 21.5. The van der Waals surface area contributed by atoms with E-state index < -0.39 is 26.8 Å². The maximum absolute atomic E-state index is 12.4. The van der Waals surface area contributed by atoms with Gasteiger partial charge in [-0.3, -0.25) is 14.9 Å². The number of nitrogens with one attached hydrogen (secondary N) is 2. The number of aromatic carboxylic acids is 1. The number of fused-ring (bicyclic) bond motifs is 1. The van der Waals surface area contributed by atoms with E-state index in [4.69, 9.17) is 11.6 Å². The molecule has 0 saturated carbocycles. The summed E-state index contributed by atoms with van der Waals surface area (Å²) in [6, 6.07) is 8.35. The number of nitro groups is 1. The average molecular weight is 480 g/mol. The lowest BCUT2D eigenvalue weighted by Crippen LogP contribution is -2.30. The Morgan fingerprint density at radius 3 is 2.56 bits per heavy atom. The minimum absolute atomic E-state index is 0.0338. The summed E-state index contributed by atoms with van der Waals surface area (Å²) in [5.74, 6) is -2.22. The molecule has 0 aliphatic carbocycles. The molecule has 0 unspecified atom stereocenters. The van der Waals surface area contributed by atoms with Gasteiger partial charge in [-0.15, -0.1) is 0 Å². The molecule has 0 atom stereocenters. The highest BCUT2D eigenvalue weighted by molar-refractivity contribution is 7.90. The van der Waals surface area contributed by atoms with Crippen molar-refractivity contribution in [3.63, 3.8) is 0 Å². The molecule has 0 fully saturated rings. The molecule has 168 valence electrons. The van der Waals surface area contributed by atoms with E-state index >= 15 is 0 Å². The number of hydrogen-bond acceptors (Lipinski definition) is 6.